The molecule has 0 saturated carbocycles. The van der Waals surface area contributed by atoms with Gasteiger partial charge in [-0.25, -0.2) is 9.97 Å². The minimum Gasteiger partial charge on any atom is -0.389 e. The second-order valence-electron chi connectivity index (χ2n) is 8.71. The Morgan fingerprint density at radius 1 is 1.17 bits per heavy atom. The Balaban J connectivity index is 1.37. The quantitative estimate of drug-likeness (QED) is 0.668. The van der Waals surface area contributed by atoms with E-state index in [1.807, 2.05) is 32.9 Å². The highest BCUT2D eigenvalue weighted by atomic mass is 16.5. The average Bonchev–Trinajstić information content (AvgIpc) is 2.72. The third-order valence-electron chi connectivity index (χ3n) is 5.12. The molecule has 0 bridgehead atoms. The van der Waals surface area contributed by atoms with Gasteiger partial charge >= 0.3 is 0 Å². The van der Waals surface area contributed by atoms with Gasteiger partial charge in [0.2, 0.25) is 0 Å². The minimum absolute atomic E-state index is 0.101. The van der Waals surface area contributed by atoms with E-state index in [2.05, 4.69) is 25.1 Å². The molecule has 1 fully saturated rings. The normalized spacial score (nSPS) is 17.2. The third-order valence-corrected chi connectivity index (χ3v) is 5.12. The summed E-state index contributed by atoms with van der Waals surface area (Å²) in [5, 5.41) is 14.0. The largest absolute Gasteiger partial charge is 0.389 e. The highest BCUT2D eigenvalue weighted by Crippen LogP contribution is 2.14. The Morgan fingerprint density at radius 2 is 1.87 bits per heavy atom. The number of hydrogen-bond donors (Lipinski definition) is 2. The molecule has 1 aliphatic heterocycles. The number of β-amino-alcohol motifs (C(OH)–C–C–N with tert-alkyl or cyclic N) is 1. The van der Waals surface area contributed by atoms with Gasteiger partial charge in [0, 0.05) is 63.6 Å². The number of carbonyl (C=O) groups excluding carboxylic acids is 1. The third kappa shape index (κ3) is 6.70. The molecule has 0 radical (unpaired) electrons. The van der Waals surface area contributed by atoms with Crippen LogP contribution in [0.2, 0.25) is 0 Å². The van der Waals surface area contributed by atoms with Crippen molar-refractivity contribution >= 4 is 16.9 Å². The van der Waals surface area contributed by atoms with Crippen molar-refractivity contribution in [1.29, 1.82) is 0 Å². The van der Waals surface area contributed by atoms with E-state index in [4.69, 9.17) is 4.74 Å². The maximum atomic E-state index is 12.6. The van der Waals surface area contributed by atoms with E-state index in [0.717, 1.165) is 38.1 Å². The predicted octanol–water partition coefficient (Wildman–Crippen LogP) is 1.15. The number of pyridine rings is 2. The molecule has 1 atom stereocenters. The molecule has 8 nitrogen and oxygen atoms in total. The molecule has 30 heavy (non-hydrogen) atoms. The first kappa shape index (κ1) is 22.6. The summed E-state index contributed by atoms with van der Waals surface area (Å²) in [5.41, 5.74) is 0.948. The average molecular weight is 416 g/mol. The number of aliphatic hydroxyl groups excluding tert-OH is 1. The van der Waals surface area contributed by atoms with Gasteiger partial charge in [-0.2, -0.15) is 0 Å². The number of nitrogens with zero attached hydrogens (tertiary/aromatic N) is 4. The van der Waals surface area contributed by atoms with Gasteiger partial charge in [-0.15, -0.1) is 0 Å². The summed E-state index contributed by atoms with van der Waals surface area (Å²) in [6.07, 6.45) is 2.82. The minimum atomic E-state index is -0.472. The number of rotatable bonds is 8. The Kier molecular flexibility index (Phi) is 7.71. The zero-order valence-corrected chi connectivity index (χ0v) is 18.2. The lowest BCUT2D eigenvalue weighted by Gasteiger charge is -2.35. The van der Waals surface area contributed by atoms with Crippen LogP contribution in [0, 0.1) is 0 Å². The molecule has 8 heteroatoms. The fourth-order valence-corrected chi connectivity index (χ4v) is 3.50. The van der Waals surface area contributed by atoms with Gasteiger partial charge in [-0.1, -0.05) is 0 Å². The van der Waals surface area contributed by atoms with Crippen LogP contribution in [-0.4, -0.2) is 94.9 Å². The van der Waals surface area contributed by atoms with Gasteiger partial charge < -0.3 is 15.2 Å². The summed E-state index contributed by atoms with van der Waals surface area (Å²) in [7, 11) is 0. The van der Waals surface area contributed by atoms with Crippen LogP contribution < -0.4 is 5.32 Å². The Labute approximate surface area is 178 Å². The first-order chi connectivity index (χ1) is 14.3. The van der Waals surface area contributed by atoms with Crippen molar-refractivity contribution < 1.29 is 14.6 Å². The molecule has 2 aromatic heterocycles. The zero-order valence-electron chi connectivity index (χ0n) is 18.2. The summed E-state index contributed by atoms with van der Waals surface area (Å²) >= 11 is 0. The SMILES string of the molecule is CC(C)(C)OC[C@H](O)CN1CCN(CCNC(=O)c2ccnc3ncccc23)CC1. The topological polar surface area (TPSA) is 90.8 Å². The van der Waals surface area contributed by atoms with Crippen LogP contribution in [0.4, 0.5) is 0 Å². The number of hydrogen-bond acceptors (Lipinski definition) is 7. The smallest absolute Gasteiger partial charge is 0.252 e. The molecule has 3 rings (SSSR count). The standard InChI is InChI=1S/C22H33N5O3/c1-22(2,3)30-16-17(28)15-27-13-11-26(12-14-27)10-9-25-21(29)19-6-8-24-20-18(19)5-4-7-23-20/h4-8,17,28H,9-16H2,1-3H3,(H,25,29)/t17-/m1/s1. The summed E-state index contributed by atoms with van der Waals surface area (Å²) < 4.78 is 5.66. The van der Waals surface area contributed by atoms with Crippen LogP contribution in [0.15, 0.2) is 30.6 Å². The van der Waals surface area contributed by atoms with Crippen molar-refractivity contribution in [2.75, 3.05) is 52.4 Å². The highest BCUT2D eigenvalue weighted by molar-refractivity contribution is 6.05. The molecule has 0 aliphatic carbocycles. The molecular weight excluding hydrogens is 382 g/mol. The molecule has 164 valence electrons. The van der Waals surface area contributed by atoms with Gasteiger partial charge in [0.1, 0.15) is 0 Å². The Morgan fingerprint density at radius 3 is 2.60 bits per heavy atom. The number of piperazine rings is 1. The van der Waals surface area contributed by atoms with E-state index in [1.54, 1.807) is 18.5 Å². The molecule has 0 spiro atoms. The van der Waals surface area contributed by atoms with E-state index in [1.165, 1.54) is 0 Å². The van der Waals surface area contributed by atoms with E-state index < -0.39 is 6.10 Å². The van der Waals surface area contributed by atoms with Crippen LogP contribution >= 0.6 is 0 Å². The van der Waals surface area contributed by atoms with Gasteiger partial charge in [0.25, 0.3) is 5.91 Å². The van der Waals surface area contributed by atoms with Crippen molar-refractivity contribution in [2.45, 2.75) is 32.5 Å². The van der Waals surface area contributed by atoms with E-state index in [9.17, 15) is 9.90 Å². The molecular formula is C22H33N5O3. The van der Waals surface area contributed by atoms with Gasteiger partial charge in [-0.05, 0) is 39.0 Å². The molecule has 1 saturated heterocycles. The lowest BCUT2D eigenvalue weighted by molar-refractivity contribution is -0.0585. The number of ether oxygens (including phenoxy) is 1. The van der Waals surface area contributed by atoms with Crippen LogP contribution in [0.3, 0.4) is 0 Å². The lowest BCUT2D eigenvalue weighted by Crippen LogP contribution is -2.50. The second-order valence-corrected chi connectivity index (χ2v) is 8.71. The zero-order chi connectivity index (χ0) is 21.6. The van der Waals surface area contributed by atoms with Crippen molar-refractivity contribution in [1.82, 2.24) is 25.1 Å². The van der Waals surface area contributed by atoms with Crippen LogP contribution in [0.5, 0.6) is 0 Å². The van der Waals surface area contributed by atoms with Gasteiger partial charge in [0.15, 0.2) is 5.65 Å². The second kappa shape index (κ2) is 10.3. The summed E-state index contributed by atoms with van der Waals surface area (Å²) in [5.74, 6) is -0.101. The molecule has 1 amide bonds. The van der Waals surface area contributed by atoms with Crippen molar-refractivity contribution in [3.05, 3.63) is 36.2 Å². The van der Waals surface area contributed by atoms with Crippen molar-refractivity contribution in [2.24, 2.45) is 0 Å². The number of nitrogens with one attached hydrogen (secondary N) is 1. The van der Waals surface area contributed by atoms with Crippen LogP contribution in [0.25, 0.3) is 11.0 Å². The maximum absolute atomic E-state index is 12.6. The predicted molar refractivity (Wildman–Crippen MR) is 116 cm³/mol. The Bertz CT molecular complexity index is 826. The summed E-state index contributed by atoms with van der Waals surface area (Å²) in [4.78, 5) is 25.6. The van der Waals surface area contributed by atoms with E-state index in [0.29, 0.717) is 30.9 Å². The van der Waals surface area contributed by atoms with Crippen LogP contribution in [0.1, 0.15) is 31.1 Å². The van der Waals surface area contributed by atoms with E-state index >= 15 is 0 Å². The summed E-state index contributed by atoms with van der Waals surface area (Å²) in [6, 6.07) is 5.41. The van der Waals surface area contributed by atoms with Gasteiger partial charge in [-0.3, -0.25) is 14.6 Å². The lowest BCUT2D eigenvalue weighted by atomic mass is 10.1. The van der Waals surface area contributed by atoms with Crippen molar-refractivity contribution in [3.63, 3.8) is 0 Å². The van der Waals surface area contributed by atoms with Crippen molar-refractivity contribution in [3.8, 4) is 0 Å². The fraction of sp³-hybridized carbons (Fsp3) is 0.591. The molecule has 1 aliphatic rings. The Hall–Kier alpha value is -2.13. The van der Waals surface area contributed by atoms with Gasteiger partial charge in [0.05, 0.1) is 23.9 Å². The highest BCUT2D eigenvalue weighted by Gasteiger charge is 2.21. The summed E-state index contributed by atoms with van der Waals surface area (Å²) in [6.45, 7) is 12.0. The first-order valence-corrected chi connectivity index (χ1v) is 10.6. The maximum Gasteiger partial charge on any atom is 0.252 e. The van der Waals surface area contributed by atoms with Crippen LogP contribution in [-0.2, 0) is 4.74 Å². The number of aromatic nitrogens is 2. The fourth-order valence-electron chi connectivity index (χ4n) is 3.50. The molecule has 0 aromatic carbocycles. The number of aliphatic hydroxyl groups is 1. The molecule has 2 N–H and O–H groups in total. The molecule has 3 heterocycles. The molecule has 2 aromatic rings. The monoisotopic (exact) mass is 415 g/mol. The number of fused-ring (bicyclic) bond motifs is 1. The number of amides is 1. The molecule has 0 unspecified atom stereocenters. The van der Waals surface area contributed by atoms with E-state index in [-0.39, 0.29) is 11.5 Å². The first-order valence-electron chi connectivity index (χ1n) is 10.6. The number of carbonyl (C=O) groups is 1.